The highest BCUT2D eigenvalue weighted by Crippen LogP contribution is 2.48. The Kier molecular flexibility index (Phi) is 3.57. The van der Waals surface area contributed by atoms with E-state index < -0.39 is 0 Å². The molecule has 0 aromatic carbocycles. The van der Waals surface area contributed by atoms with Crippen molar-refractivity contribution >= 4 is 11.8 Å². The van der Waals surface area contributed by atoms with E-state index in [-0.39, 0.29) is 11.0 Å². The van der Waals surface area contributed by atoms with Crippen molar-refractivity contribution in [2.75, 3.05) is 31.3 Å². The maximum atomic E-state index is 9.65. The van der Waals surface area contributed by atoms with Gasteiger partial charge in [-0.2, -0.15) is 17.0 Å². The average Bonchev–Trinajstić information content (AvgIpc) is 2.87. The molecule has 3 nitrogen and oxygen atoms in total. The van der Waals surface area contributed by atoms with Gasteiger partial charge in [-0.25, -0.2) is 0 Å². The first-order valence-corrected chi connectivity index (χ1v) is 8.15. The Morgan fingerprint density at radius 2 is 2.22 bits per heavy atom. The molecular weight excluding hydrogens is 246 g/mol. The lowest BCUT2D eigenvalue weighted by molar-refractivity contribution is -0.116. The van der Waals surface area contributed by atoms with Crippen LogP contribution in [0.2, 0.25) is 0 Å². The molecule has 3 aliphatic heterocycles. The molecule has 3 heterocycles. The monoisotopic (exact) mass is 267 g/mol. The number of ether oxygens (including phenoxy) is 2. The van der Waals surface area contributed by atoms with Gasteiger partial charge >= 0.3 is 0 Å². The van der Waals surface area contributed by atoms with Crippen molar-refractivity contribution < 1.29 is 9.47 Å². The van der Waals surface area contributed by atoms with Gasteiger partial charge in [-0.15, -0.1) is 0 Å². The molecule has 4 heteroatoms. The zero-order valence-corrected chi connectivity index (χ0v) is 11.6. The van der Waals surface area contributed by atoms with E-state index in [1.165, 1.54) is 5.75 Å². The third-order valence-corrected chi connectivity index (χ3v) is 6.06. The fraction of sp³-hybridized carbons (Fsp3) is 0.929. The molecule has 3 unspecified atom stereocenters. The van der Waals surface area contributed by atoms with Gasteiger partial charge in [0, 0.05) is 19.0 Å². The summed E-state index contributed by atoms with van der Waals surface area (Å²) in [6.45, 7) is 2.29. The van der Waals surface area contributed by atoms with Crippen LogP contribution in [0.25, 0.3) is 0 Å². The molecule has 0 bridgehead atoms. The number of rotatable bonds is 1. The maximum absolute atomic E-state index is 9.65. The molecule has 0 N–H and O–H groups in total. The first-order chi connectivity index (χ1) is 8.79. The molecule has 1 spiro atoms. The fourth-order valence-corrected chi connectivity index (χ4v) is 5.06. The van der Waals surface area contributed by atoms with Gasteiger partial charge in [0.2, 0.25) is 0 Å². The van der Waals surface area contributed by atoms with E-state index in [0.717, 1.165) is 51.1 Å². The third-order valence-electron chi connectivity index (χ3n) is 4.84. The average molecular weight is 267 g/mol. The number of hydrogen-bond donors (Lipinski definition) is 0. The van der Waals surface area contributed by atoms with Gasteiger partial charge in [-0.3, -0.25) is 0 Å². The largest absolute Gasteiger partial charge is 0.380 e. The van der Waals surface area contributed by atoms with E-state index in [9.17, 15) is 5.26 Å². The van der Waals surface area contributed by atoms with E-state index in [2.05, 4.69) is 6.07 Å². The molecule has 3 atom stereocenters. The Labute approximate surface area is 113 Å². The zero-order chi connectivity index (χ0) is 12.5. The Balaban J connectivity index is 1.76. The van der Waals surface area contributed by atoms with Gasteiger partial charge in [0.25, 0.3) is 0 Å². The predicted molar refractivity (Wildman–Crippen MR) is 71.4 cm³/mol. The highest BCUT2D eigenvalue weighted by atomic mass is 32.2. The second kappa shape index (κ2) is 5.03. The van der Waals surface area contributed by atoms with Crippen LogP contribution in [0.5, 0.6) is 0 Å². The van der Waals surface area contributed by atoms with Crippen molar-refractivity contribution in [3.05, 3.63) is 0 Å². The standard InChI is InChI=1S/C14H21NO2S/c15-9-13(3-1-5-16-10-13)12-2-6-17-14(8-12)4-7-18-11-14/h12H,1-8,10-11H2. The molecule has 0 radical (unpaired) electrons. The second-order valence-corrected chi connectivity index (χ2v) is 7.05. The van der Waals surface area contributed by atoms with Crippen molar-refractivity contribution in [3.8, 4) is 6.07 Å². The van der Waals surface area contributed by atoms with E-state index in [4.69, 9.17) is 9.47 Å². The highest BCUT2D eigenvalue weighted by molar-refractivity contribution is 7.99. The van der Waals surface area contributed by atoms with Crippen LogP contribution < -0.4 is 0 Å². The first-order valence-electron chi connectivity index (χ1n) is 6.99. The molecule has 100 valence electrons. The summed E-state index contributed by atoms with van der Waals surface area (Å²) in [6, 6.07) is 2.61. The number of nitrogens with zero attached hydrogens (tertiary/aromatic N) is 1. The molecular formula is C14H21NO2S. The van der Waals surface area contributed by atoms with Crippen LogP contribution in [0.3, 0.4) is 0 Å². The van der Waals surface area contributed by atoms with Gasteiger partial charge < -0.3 is 9.47 Å². The molecule has 3 aliphatic rings. The van der Waals surface area contributed by atoms with Gasteiger partial charge in [0.1, 0.15) is 0 Å². The summed E-state index contributed by atoms with van der Waals surface area (Å²) in [5.74, 6) is 2.80. The van der Waals surface area contributed by atoms with Gasteiger partial charge in [-0.05, 0) is 43.8 Å². The van der Waals surface area contributed by atoms with E-state index >= 15 is 0 Å². The summed E-state index contributed by atoms with van der Waals surface area (Å²) >= 11 is 2.00. The molecule has 3 rings (SSSR count). The lowest BCUT2D eigenvalue weighted by atomic mass is 9.66. The van der Waals surface area contributed by atoms with Crippen LogP contribution in [0.1, 0.15) is 32.1 Å². The maximum Gasteiger partial charge on any atom is 0.0837 e. The van der Waals surface area contributed by atoms with Crippen molar-refractivity contribution in [2.45, 2.75) is 37.7 Å². The van der Waals surface area contributed by atoms with E-state index in [0.29, 0.717) is 12.5 Å². The minimum atomic E-state index is -0.234. The SMILES string of the molecule is N#CC1(C2CCOC3(CCSC3)C2)CCCOC1. The van der Waals surface area contributed by atoms with Crippen molar-refractivity contribution in [1.82, 2.24) is 0 Å². The topological polar surface area (TPSA) is 42.2 Å². The molecule has 0 aromatic heterocycles. The summed E-state index contributed by atoms with van der Waals surface area (Å²) in [5, 5.41) is 9.65. The second-order valence-electron chi connectivity index (χ2n) is 5.95. The van der Waals surface area contributed by atoms with Crippen LogP contribution in [0.4, 0.5) is 0 Å². The van der Waals surface area contributed by atoms with Crippen molar-refractivity contribution in [2.24, 2.45) is 11.3 Å². The molecule has 3 saturated heterocycles. The van der Waals surface area contributed by atoms with Crippen molar-refractivity contribution in [1.29, 1.82) is 5.26 Å². The van der Waals surface area contributed by atoms with E-state index in [1.54, 1.807) is 0 Å². The number of nitriles is 1. The Morgan fingerprint density at radius 3 is 2.89 bits per heavy atom. The van der Waals surface area contributed by atoms with Crippen LogP contribution in [0.15, 0.2) is 0 Å². The Bertz CT molecular complexity index is 340. The Morgan fingerprint density at radius 1 is 1.28 bits per heavy atom. The molecule has 0 amide bonds. The summed E-state index contributed by atoms with van der Waals surface area (Å²) in [5.41, 5.74) is -0.156. The van der Waals surface area contributed by atoms with Gasteiger partial charge in [0.15, 0.2) is 0 Å². The molecule has 0 saturated carbocycles. The summed E-state index contributed by atoms with van der Waals surface area (Å²) in [6.07, 6.45) is 5.31. The predicted octanol–water partition coefficient (Wildman–Crippen LogP) is 2.61. The fourth-order valence-electron chi connectivity index (χ4n) is 3.68. The quantitative estimate of drug-likeness (QED) is 0.732. The normalized spacial score (nSPS) is 44.9. The van der Waals surface area contributed by atoms with Gasteiger partial charge in [0.05, 0.1) is 23.7 Å². The zero-order valence-electron chi connectivity index (χ0n) is 10.8. The van der Waals surface area contributed by atoms with Crippen LogP contribution >= 0.6 is 11.8 Å². The number of hydrogen-bond acceptors (Lipinski definition) is 4. The Hall–Kier alpha value is -0.240. The summed E-state index contributed by atoms with van der Waals surface area (Å²) in [7, 11) is 0. The van der Waals surface area contributed by atoms with Crippen LogP contribution in [-0.4, -0.2) is 36.9 Å². The smallest absolute Gasteiger partial charge is 0.0837 e. The molecule has 18 heavy (non-hydrogen) atoms. The highest BCUT2D eigenvalue weighted by Gasteiger charge is 2.49. The van der Waals surface area contributed by atoms with E-state index in [1.807, 2.05) is 11.8 Å². The lowest BCUT2D eigenvalue weighted by Gasteiger charge is -2.45. The van der Waals surface area contributed by atoms with Crippen molar-refractivity contribution in [3.63, 3.8) is 0 Å². The first kappa shape index (κ1) is 12.8. The number of thioether (sulfide) groups is 1. The lowest BCUT2D eigenvalue weighted by Crippen LogP contribution is -2.47. The molecule has 0 aromatic rings. The van der Waals surface area contributed by atoms with Crippen LogP contribution in [-0.2, 0) is 9.47 Å². The minimum Gasteiger partial charge on any atom is -0.380 e. The molecule has 0 aliphatic carbocycles. The minimum absolute atomic E-state index is 0.0783. The molecule has 3 fully saturated rings. The summed E-state index contributed by atoms with van der Waals surface area (Å²) in [4.78, 5) is 0. The van der Waals surface area contributed by atoms with Crippen LogP contribution in [0, 0.1) is 22.7 Å². The summed E-state index contributed by atoms with van der Waals surface area (Å²) < 4.78 is 11.7. The van der Waals surface area contributed by atoms with Gasteiger partial charge in [-0.1, -0.05) is 0 Å². The third kappa shape index (κ3) is 2.17.